The molecule has 7 heteroatoms. The van der Waals surface area contributed by atoms with Crippen LogP contribution in [-0.2, 0) is 22.6 Å². The Balaban J connectivity index is 1.54. The van der Waals surface area contributed by atoms with Gasteiger partial charge in [-0.25, -0.2) is 9.69 Å². The second kappa shape index (κ2) is 9.93. The van der Waals surface area contributed by atoms with E-state index in [0.717, 1.165) is 22.4 Å². The molecule has 0 unspecified atom stereocenters. The lowest BCUT2D eigenvalue weighted by Crippen LogP contribution is -2.54. The van der Waals surface area contributed by atoms with Crippen molar-refractivity contribution in [2.45, 2.75) is 26.9 Å². The molecule has 1 N–H and O–H groups in total. The molecule has 1 aliphatic heterocycles. The van der Waals surface area contributed by atoms with Crippen LogP contribution in [0.5, 0.6) is 5.75 Å². The predicted molar refractivity (Wildman–Crippen MR) is 132 cm³/mol. The van der Waals surface area contributed by atoms with Crippen molar-refractivity contribution in [3.63, 3.8) is 0 Å². The van der Waals surface area contributed by atoms with Gasteiger partial charge in [-0.3, -0.25) is 14.9 Å². The molecule has 0 atom stereocenters. The molecule has 3 aromatic carbocycles. The average molecular weight is 475 g/mol. The Labute approximate surface area is 202 Å². The Hall–Kier alpha value is -3.90. The van der Waals surface area contributed by atoms with Crippen LogP contribution in [0.3, 0.4) is 0 Å². The summed E-state index contributed by atoms with van der Waals surface area (Å²) in [5.74, 6) is -0.974. The van der Waals surface area contributed by atoms with Crippen molar-refractivity contribution in [3.8, 4) is 5.75 Å². The van der Waals surface area contributed by atoms with E-state index < -0.39 is 17.8 Å². The summed E-state index contributed by atoms with van der Waals surface area (Å²) in [6, 6.07) is 19.2. The Morgan fingerprint density at radius 3 is 2.26 bits per heavy atom. The van der Waals surface area contributed by atoms with E-state index in [1.54, 1.807) is 30.3 Å². The fourth-order valence-corrected chi connectivity index (χ4v) is 3.75. The molecule has 1 aliphatic rings. The summed E-state index contributed by atoms with van der Waals surface area (Å²) in [5.41, 5.74) is 3.99. The van der Waals surface area contributed by atoms with Crippen LogP contribution < -0.4 is 15.0 Å². The van der Waals surface area contributed by atoms with Crippen LogP contribution in [-0.4, -0.2) is 17.8 Å². The van der Waals surface area contributed by atoms with Crippen molar-refractivity contribution < 1.29 is 19.1 Å². The van der Waals surface area contributed by atoms with E-state index in [0.29, 0.717) is 28.6 Å². The van der Waals surface area contributed by atoms with Crippen molar-refractivity contribution in [2.24, 2.45) is 0 Å². The predicted octanol–water partition coefficient (Wildman–Crippen LogP) is 5.46. The fraction of sp³-hybridized carbons (Fsp3) is 0.148. The number of anilines is 1. The molecule has 3 aromatic rings. The number of urea groups is 1. The van der Waals surface area contributed by atoms with Crippen LogP contribution >= 0.6 is 11.6 Å². The topological polar surface area (TPSA) is 75.7 Å². The minimum atomic E-state index is -0.783. The van der Waals surface area contributed by atoms with Gasteiger partial charge in [0.15, 0.2) is 0 Å². The maximum absolute atomic E-state index is 13.1. The number of imide groups is 2. The number of carbonyl (C=O) groups excluding carboxylic acids is 3. The number of benzene rings is 3. The lowest BCUT2D eigenvalue weighted by atomic mass is 10.1. The maximum Gasteiger partial charge on any atom is 0.335 e. The third-order valence-corrected chi connectivity index (χ3v) is 5.78. The summed E-state index contributed by atoms with van der Waals surface area (Å²) in [4.78, 5) is 38.8. The van der Waals surface area contributed by atoms with Crippen molar-refractivity contribution in [2.75, 3.05) is 4.90 Å². The first-order chi connectivity index (χ1) is 16.4. The Bertz CT molecular complexity index is 1280. The maximum atomic E-state index is 13.1. The zero-order valence-corrected chi connectivity index (χ0v) is 19.6. The molecule has 1 saturated heterocycles. The monoisotopic (exact) mass is 474 g/mol. The molecular formula is C27H23ClN2O4. The second-order valence-electron chi connectivity index (χ2n) is 7.94. The molecular weight excluding hydrogens is 452 g/mol. The van der Waals surface area contributed by atoms with Gasteiger partial charge in [0.1, 0.15) is 17.9 Å². The number of amides is 4. The van der Waals surface area contributed by atoms with Crippen LogP contribution in [0.25, 0.3) is 6.08 Å². The van der Waals surface area contributed by atoms with Gasteiger partial charge >= 0.3 is 6.03 Å². The standard InChI is InChI=1S/C27H23ClN2O4/c1-3-18-8-11-21(12-9-18)30-26(32)22(25(31)29-27(30)33)14-20-10-13-24(23(28)15-20)34-16-19-6-4-17(2)5-7-19/h4-15H,3,16H2,1-2H3,(H,29,31,33)/b22-14+. The van der Waals surface area contributed by atoms with Gasteiger partial charge in [-0.15, -0.1) is 0 Å². The van der Waals surface area contributed by atoms with Crippen molar-refractivity contribution >= 4 is 41.2 Å². The smallest absolute Gasteiger partial charge is 0.335 e. The zero-order valence-electron chi connectivity index (χ0n) is 18.8. The number of aryl methyl sites for hydroxylation is 2. The summed E-state index contributed by atoms with van der Waals surface area (Å²) in [6.07, 6.45) is 2.24. The highest BCUT2D eigenvalue weighted by Crippen LogP contribution is 2.28. The lowest BCUT2D eigenvalue weighted by molar-refractivity contribution is -0.122. The molecule has 1 fully saturated rings. The lowest BCUT2D eigenvalue weighted by Gasteiger charge is -2.26. The Morgan fingerprint density at radius 1 is 0.941 bits per heavy atom. The first-order valence-corrected chi connectivity index (χ1v) is 11.2. The highest BCUT2D eigenvalue weighted by atomic mass is 35.5. The number of halogens is 1. The molecule has 0 bridgehead atoms. The van der Waals surface area contributed by atoms with E-state index in [9.17, 15) is 14.4 Å². The Morgan fingerprint density at radius 2 is 1.62 bits per heavy atom. The zero-order chi connectivity index (χ0) is 24.2. The fourth-order valence-electron chi connectivity index (χ4n) is 3.51. The molecule has 4 rings (SSSR count). The molecule has 0 saturated carbocycles. The van der Waals surface area contributed by atoms with Crippen LogP contribution in [0.15, 0.2) is 72.3 Å². The van der Waals surface area contributed by atoms with E-state index in [4.69, 9.17) is 16.3 Å². The SMILES string of the molecule is CCc1ccc(N2C(=O)NC(=O)/C(=C\c3ccc(OCc4ccc(C)cc4)c(Cl)c3)C2=O)cc1. The quantitative estimate of drug-likeness (QED) is 0.380. The number of barbiturate groups is 1. The minimum absolute atomic E-state index is 0.163. The van der Waals surface area contributed by atoms with E-state index in [2.05, 4.69) is 5.32 Å². The van der Waals surface area contributed by atoms with Crippen LogP contribution in [0, 0.1) is 6.92 Å². The number of hydrogen-bond donors (Lipinski definition) is 1. The van der Waals surface area contributed by atoms with E-state index in [-0.39, 0.29) is 5.57 Å². The van der Waals surface area contributed by atoms with Crippen LogP contribution in [0.2, 0.25) is 5.02 Å². The van der Waals surface area contributed by atoms with Gasteiger partial charge in [0.25, 0.3) is 11.8 Å². The highest BCUT2D eigenvalue weighted by molar-refractivity contribution is 6.39. The van der Waals surface area contributed by atoms with E-state index in [1.165, 1.54) is 11.6 Å². The minimum Gasteiger partial charge on any atom is -0.487 e. The molecule has 0 aliphatic carbocycles. The molecule has 0 radical (unpaired) electrons. The molecule has 172 valence electrons. The van der Waals surface area contributed by atoms with Gasteiger partial charge in [-0.05, 0) is 60.4 Å². The van der Waals surface area contributed by atoms with E-state index in [1.807, 2.05) is 50.2 Å². The molecule has 1 heterocycles. The summed E-state index contributed by atoms with van der Waals surface area (Å²) < 4.78 is 5.81. The number of carbonyl (C=O) groups is 3. The second-order valence-corrected chi connectivity index (χ2v) is 8.35. The van der Waals surface area contributed by atoms with Gasteiger partial charge in [-0.1, -0.05) is 66.6 Å². The molecule has 0 spiro atoms. The van der Waals surface area contributed by atoms with Crippen molar-refractivity contribution in [3.05, 3.63) is 99.6 Å². The first kappa shape index (κ1) is 23.3. The molecule has 6 nitrogen and oxygen atoms in total. The molecule has 34 heavy (non-hydrogen) atoms. The number of ether oxygens (including phenoxy) is 1. The van der Waals surface area contributed by atoms with Gasteiger partial charge in [-0.2, -0.15) is 0 Å². The van der Waals surface area contributed by atoms with E-state index >= 15 is 0 Å². The number of nitrogens with one attached hydrogen (secondary N) is 1. The summed E-state index contributed by atoms with van der Waals surface area (Å²) >= 11 is 6.38. The summed E-state index contributed by atoms with van der Waals surface area (Å²) in [6.45, 7) is 4.38. The third-order valence-electron chi connectivity index (χ3n) is 5.49. The third kappa shape index (κ3) is 5.02. The van der Waals surface area contributed by atoms with Crippen LogP contribution in [0.1, 0.15) is 29.2 Å². The van der Waals surface area contributed by atoms with Gasteiger partial charge < -0.3 is 4.74 Å². The number of rotatable bonds is 6. The van der Waals surface area contributed by atoms with Gasteiger partial charge in [0.2, 0.25) is 0 Å². The summed E-state index contributed by atoms with van der Waals surface area (Å²) in [7, 11) is 0. The van der Waals surface area contributed by atoms with Crippen molar-refractivity contribution in [1.29, 1.82) is 0 Å². The average Bonchev–Trinajstić information content (AvgIpc) is 2.82. The van der Waals surface area contributed by atoms with Crippen LogP contribution in [0.4, 0.5) is 10.5 Å². The normalized spacial score (nSPS) is 15.0. The van der Waals surface area contributed by atoms with Gasteiger partial charge in [0, 0.05) is 0 Å². The Kier molecular flexibility index (Phi) is 6.80. The van der Waals surface area contributed by atoms with Gasteiger partial charge in [0.05, 0.1) is 10.7 Å². The largest absolute Gasteiger partial charge is 0.487 e. The molecule has 0 aromatic heterocycles. The number of hydrogen-bond acceptors (Lipinski definition) is 4. The summed E-state index contributed by atoms with van der Waals surface area (Å²) in [5, 5.41) is 2.57. The first-order valence-electron chi connectivity index (χ1n) is 10.8. The van der Waals surface area contributed by atoms with Crippen molar-refractivity contribution in [1.82, 2.24) is 5.32 Å². The highest BCUT2D eigenvalue weighted by Gasteiger charge is 2.36. The molecule has 4 amide bonds. The number of nitrogens with zero attached hydrogens (tertiary/aromatic N) is 1.